The highest BCUT2D eigenvalue weighted by atomic mass is 35.5. The van der Waals surface area contributed by atoms with Gasteiger partial charge < -0.3 is 5.11 Å². The lowest BCUT2D eigenvalue weighted by Gasteiger charge is -2.20. The van der Waals surface area contributed by atoms with E-state index in [4.69, 9.17) is 11.6 Å². The van der Waals surface area contributed by atoms with Crippen LogP contribution in [0.1, 0.15) is 13.8 Å². The van der Waals surface area contributed by atoms with E-state index >= 15 is 0 Å². The van der Waals surface area contributed by atoms with Crippen molar-refractivity contribution >= 4 is 35.1 Å². The van der Waals surface area contributed by atoms with Crippen LogP contribution in [-0.2, 0) is 6.54 Å². The van der Waals surface area contributed by atoms with Crippen LogP contribution in [0, 0.1) is 0 Å². The molecule has 0 unspecified atom stereocenters. The Morgan fingerprint density at radius 2 is 2.17 bits per heavy atom. The Bertz CT molecular complexity index is 661. The fourth-order valence-electron chi connectivity index (χ4n) is 1.74. The van der Waals surface area contributed by atoms with Crippen molar-refractivity contribution in [2.45, 2.75) is 31.1 Å². The normalized spacial score (nSPS) is 12.1. The molecule has 0 fully saturated rings. The third-order valence-electron chi connectivity index (χ3n) is 2.46. The number of hydrogen-bond donors (Lipinski definition) is 2. The molecule has 1 aromatic heterocycles. The Kier molecular flexibility index (Phi) is 3.40. The van der Waals surface area contributed by atoms with Gasteiger partial charge in [0.05, 0.1) is 28.1 Å². The molecule has 2 aromatic rings. The van der Waals surface area contributed by atoms with Gasteiger partial charge in [-0.25, -0.2) is 4.98 Å². The molecule has 1 heterocycles. The van der Waals surface area contributed by atoms with E-state index in [1.54, 1.807) is 32.0 Å². The molecule has 0 atom stereocenters. The summed E-state index contributed by atoms with van der Waals surface area (Å²) in [5, 5.41) is 10.8. The zero-order valence-corrected chi connectivity index (χ0v) is 11.7. The van der Waals surface area contributed by atoms with E-state index in [1.807, 2.05) is 0 Å². The molecule has 0 spiro atoms. The van der Waals surface area contributed by atoms with E-state index in [2.05, 4.69) is 17.6 Å². The van der Waals surface area contributed by atoms with Crippen molar-refractivity contribution in [1.82, 2.24) is 9.55 Å². The maximum Gasteiger partial charge on any atom is 0.263 e. The van der Waals surface area contributed by atoms with Gasteiger partial charge in [0.25, 0.3) is 5.56 Å². The second-order valence-corrected chi connectivity index (χ2v) is 5.56. The Hall–Kier alpha value is -1.04. The molecule has 0 aliphatic carbocycles. The lowest BCUT2D eigenvalue weighted by molar-refractivity contribution is 0.0575. The molecule has 1 aromatic carbocycles. The van der Waals surface area contributed by atoms with Crippen molar-refractivity contribution in [3.05, 3.63) is 33.6 Å². The van der Waals surface area contributed by atoms with Crippen LogP contribution in [0.4, 0.5) is 0 Å². The summed E-state index contributed by atoms with van der Waals surface area (Å²) in [5.74, 6) is 0. The van der Waals surface area contributed by atoms with Crippen molar-refractivity contribution in [3.8, 4) is 0 Å². The van der Waals surface area contributed by atoms with E-state index in [9.17, 15) is 9.90 Å². The molecule has 0 radical (unpaired) electrons. The third-order valence-corrected chi connectivity index (χ3v) is 3.11. The molecule has 4 nitrogen and oxygen atoms in total. The molecule has 96 valence electrons. The van der Waals surface area contributed by atoms with Crippen molar-refractivity contribution in [1.29, 1.82) is 0 Å². The van der Waals surface area contributed by atoms with Crippen LogP contribution < -0.4 is 5.56 Å². The second-order valence-electron chi connectivity index (χ2n) is 4.75. The fraction of sp³-hybridized carbons (Fsp3) is 0.333. The first-order valence-corrected chi connectivity index (χ1v) is 6.22. The van der Waals surface area contributed by atoms with Crippen LogP contribution in [0.2, 0.25) is 5.02 Å². The van der Waals surface area contributed by atoms with Crippen LogP contribution in [0.25, 0.3) is 10.9 Å². The van der Waals surface area contributed by atoms with E-state index in [0.29, 0.717) is 15.9 Å². The van der Waals surface area contributed by atoms with Gasteiger partial charge in [0, 0.05) is 0 Å². The maximum atomic E-state index is 12.3. The molecule has 0 amide bonds. The van der Waals surface area contributed by atoms with Crippen LogP contribution >= 0.6 is 24.2 Å². The predicted molar refractivity (Wildman–Crippen MR) is 74.6 cm³/mol. The van der Waals surface area contributed by atoms with Crippen LogP contribution in [0.3, 0.4) is 0 Å². The Morgan fingerprint density at radius 1 is 1.50 bits per heavy atom. The zero-order valence-electron chi connectivity index (χ0n) is 10.0. The van der Waals surface area contributed by atoms with E-state index in [1.165, 1.54) is 4.57 Å². The average Bonchev–Trinajstić information content (AvgIpc) is 2.22. The van der Waals surface area contributed by atoms with E-state index in [0.717, 1.165) is 0 Å². The fourth-order valence-corrected chi connectivity index (χ4v) is 2.26. The summed E-state index contributed by atoms with van der Waals surface area (Å²) in [5.41, 5.74) is -0.819. The van der Waals surface area contributed by atoms with Gasteiger partial charge in [0.15, 0.2) is 5.16 Å². The number of aliphatic hydroxyl groups is 1. The topological polar surface area (TPSA) is 55.1 Å². The standard InChI is InChI=1S/C12H13ClN2O2S/c1-12(2,17)6-15-10(16)9-7(13)4-3-5-8(9)14-11(15)18/h3-5,17H,6H2,1-2H3,(H,14,18). The number of aromatic nitrogens is 2. The van der Waals surface area contributed by atoms with Crippen LogP contribution in [0.5, 0.6) is 0 Å². The summed E-state index contributed by atoms with van der Waals surface area (Å²) in [6, 6.07) is 5.07. The minimum Gasteiger partial charge on any atom is -0.389 e. The number of halogens is 1. The van der Waals surface area contributed by atoms with Crippen molar-refractivity contribution in [2.75, 3.05) is 0 Å². The number of thiol groups is 1. The molecular weight excluding hydrogens is 272 g/mol. The number of nitrogens with zero attached hydrogens (tertiary/aromatic N) is 2. The highest BCUT2D eigenvalue weighted by Crippen LogP contribution is 2.20. The molecule has 6 heteroatoms. The highest BCUT2D eigenvalue weighted by molar-refractivity contribution is 7.80. The molecule has 0 saturated heterocycles. The number of hydrogen-bond acceptors (Lipinski definition) is 4. The molecular formula is C12H13ClN2O2S. The minimum absolute atomic E-state index is 0.110. The summed E-state index contributed by atoms with van der Waals surface area (Å²) in [7, 11) is 0. The summed E-state index contributed by atoms with van der Waals surface area (Å²) in [4.78, 5) is 16.5. The average molecular weight is 285 g/mol. The van der Waals surface area contributed by atoms with E-state index in [-0.39, 0.29) is 17.3 Å². The smallest absolute Gasteiger partial charge is 0.263 e. The molecule has 0 bridgehead atoms. The van der Waals surface area contributed by atoms with E-state index < -0.39 is 5.60 Å². The predicted octanol–water partition coefficient (Wildman–Crippen LogP) is 2.11. The summed E-state index contributed by atoms with van der Waals surface area (Å²) in [6.45, 7) is 3.34. The lowest BCUT2D eigenvalue weighted by Crippen LogP contribution is -2.34. The number of fused-ring (bicyclic) bond motifs is 1. The van der Waals surface area contributed by atoms with Gasteiger partial charge in [-0.1, -0.05) is 17.7 Å². The molecule has 18 heavy (non-hydrogen) atoms. The van der Waals surface area contributed by atoms with Crippen LogP contribution in [-0.4, -0.2) is 20.3 Å². The highest BCUT2D eigenvalue weighted by Gasteiger charge is 2.18. The van der Waals surface area contributed by atoms with Gasteiger partial charge in [0.2, 0.25) is 0 Å². The zero-order chi connectivity index (χ0) is 13.5. The maximum absolute atomic E-state index is 12.3. The quantitative estimate of drug-likeness (QED) is 0.656. The Labute approximate surface area is 115 Å². The SMILES string of the molecule is CC(C)(O)Cn1c(S)nc2cccc(Cl)c2c1=O. The first kappa shape index (κ1) is 13.4. The minimum atomic E-state index is -1.03. The van der Waals surface area contributed by atoms with Gasteiger partial charge in [0.1, 0.15) is 0 Å². The van der Waals surface area contributed by atoms with Crippen molar-refractivity contribution in [3.63, 3.8) is 0 Å². The number of rotatable bonds is 2. The largest absolute Gasteiger partial charge is 0.389 e. The first-order chi connectivity index (χ1) is 8.29. The van der Waals surface area contributed by atoms with Crippen molar-refractivity contribution in [2.24, 2.45) is 0 Å². The third kappa shape index (κ3) is 2.53. The summed E-state index contributed by atoms with van der Waals surface area (Å²) < 4.78 is 1.32. The van der Waals surface area contributed by atoms with Gasteiger partial charge in [-0.05, 0) is 26.0 Å². The molecule has 0 saturated carbocycles. The molecule has 0 aliphatic rings. The van der Waals surface area contributed by atoms with Gasteiger partial charge in [-0.2, -0.15) is 0 Å². The second kappa shape index (κ2) is 4.57. The molecule has 0 aliphatic heterocycles. The molecule has 2 rings (SSSR count). The first-order valence-electron chi connectivity index (χ1n) is 5.40. The molecule has 1 N–H and O–H groups in total. The van der Waals surface area contributed by atoms with Crippen molar-refractivity contribution < 1.29 is 5.11 Å². The summed E-state index contributed by atoms with van der Waals surface area (Å²) in [6.07, 6.45) is 0. The monoisotopic (exact) mass is 284 g/mol. The van der Waals surface area contributed by atoms with Gasteiger partial charge in [-0.3, -0.25) is 9.36 Å². The van der Waals surface area contributed by atoms with Gasteiger partial charge >= 0.3 is 0 Å². The number of benzene rings is 1. The summed E-state index contributed by atoms with van der Waals surface area (Å²) >= 11 is 10.2. The Balaban J connectivity index is 2.76. The Morgan fingerprint density at radius 3 is 2.78 bits per heavy atom. The van der Waals surface area contributed by atoms with Crippen LogP contribution in [0.15, 0.2) is 28.2 Å². The van der Waals surface area contributed by atoms with Gasteiger partial charge in [-0.15, -0.1) is 12.6 Å². The lowest BCUT2D eigenvalue weighted by atomic mass is 10.1.